The van der Waals surface area contributed by atoms with Crippen molar-refractivity contribution in [3.05, 3.63) is 69.2 Å². The van der Waals surface area contributed by atoms with Crippen LogP contribution < -0.4 is 0 Å². The zero-order valence-electron chi connectivity index (χ0n) is 10.7. The number of carbonyl (C=O) groups is 1. The third kappa shape index (κ3) is 2.42. The number of hydrogen-bond acceptors (Lipinski definition) is 3. The van der Waals surface area contributed by atoms with E-state index in [1.165, 1.54) is 12.1 Å². The summed E-state index contributed by atoms with van der Waals surface area (Å²) in [6.45, 7) is 1.99. The molecule has 2 aromatic rings. The number of esters is 1. The molecule has 2 heterocycles. The maximum atomic E-state index is 12.9. The van der Waals surface area contributed by atoms with Crippen LogP contribution in [0.5, 0.6) is 0 Å². The normalized spacial score (nSPS) is 16.4. The van der Waals surface area contributed by atoms with Gasteiger partial charge in [-0.2, -0.15) is 0 Å². The second-order valence-electron chi connectivity index (χ2n) is 4.47. The van der Waals surface area contributed by atoms with Gasteiger partial charge in [0.25, 0.3) is 0 Å². The van der Waals surface area contributed by atoms with Crippen molar-refractivity contribution in [2.75, 3.05) is 0 Å². The largest absolute Gasteiger partial charge is 0.422 e. The monoisotopic (exact) mass is 286 g/mol. The van der Waals surface area contributed by atoms with Crippen LogP contribution in [0.2, 0.25) is 0 Å². The molecule has 0 unspecified atom stereocenters. The van der Waals surface area contributed by atoms with E-state index in [1.807, 2.05) is 24.4 Å². The Labute approximate surface area is 119 Å². The van der Waals surface area contributed by atoms with E-state index in [-0.39, 0.29) is 11.8 Å². The van der Waals surface area contributed by atoms with Gasteiger partial charge in [0.2, 0.25) is 0 Å². The molecule has 0 bridgehead atoms. The standard InChI is InChI=1S/C16H11FO2S/c1-10-6-7-20-15(10)9-12-8-14(19-16(12)18)11-2-4-13(17)5-3-11/h2-9H,1H3/b12-9+. The van der Waals surface area contributed by atoms with E-state index in [4.69, 9.17) is 4.74 Å². The molecule has 0 saturated carbocycles. The SMILES string of the molecule is Cc1ccsc1/C=C1\C=C(c2ccc(F)cc2)OC1=O. The van der Waals surface area contributed by atoms with Crippen molar-refractivity contribution in [3.63, 3.8) is 0 Å². The second kappa shape index (κ2) is 5.06. The summed E-state index contributed by atoms with van der Waals surface area (Å²) in [5.41, 5.74) is 2.32. The van der Waals surface area contributed by atoms with E-state index in [9.17, 15) is 9.18 Å². The van der Waals surface area contributed by atoms with Crippen LogP contribution in [0.3, 0.4) is 0 Å². The maximum absolute atomic E-state index is 12.9. The Bertz CT molecular complexity index is 723. The Hall–Kier alpha value is -2.20. The number of thiophene rings is 1. The fourth-order valence-electron chi connectivity index (χ4n) is 1.92. The lowest BCUT2D eigenvalue weighted by atomic mass is 10.1. The topological polar surface area (TPSA) is 26.3 Å². The molecule has 1 aromatic heterocycles. The summed E-state index contributed by atoms with van der Waals surface area (Å²) in [5.74, 6) is -0.240. The minimum absolute atomic E-state index is 0.316. The smallest absolute Gasteiger partial charge is 0.343 e. The Kier molecular flexibility index (Phi) is 3.24. The molecule has 2 nitrogen and oxygen atoms in total. The van der Waals surface area contributed by atoms with Gasteiger partial charge >= 0.3 is 5.97 Å². The highest BCUT2D eigenvalue weighted by atomic mass is 32.1. The number of halogens is 1. The van der Waals surface area contributed by atoms with Gasteiger partial charge in [-0.3, -0.25) is 0 Å². The summed E-state index contributed by atoms with van der Waals surface area (Å²) in [7, 11) is 0. The Balaban J connectivity index is 1.95. The van der Waals surface area contributed by atoms with Gasteiger partial charge in [-0.05, 0) is 60.4 Å². The van der Waals surface area contributed by atoms with Crippen LogP contribution in [0.15, 0.2) is 47.4 Å². The summed E-state index contributed by atoms with van der Waals surface area (Å²) in [5, 5.41) is 1.98. The van der Waals surface area contributed by atoms with E-state index in [2.05, 4.69) is 0 Å². The van der Waals surface area contributed by atoms with E-state index in [0.29, 0.717) is 16.9 Å². The minimum atomic E-state index is -0.378. The molecule has 1 aliphatic rings. The molecule has 0 amide bonds. The van der Waals surface area contributed by atoms with Gasteiger partial charge in [0.1, 0.15) is 11.6 Å². The van der Waals surface area contributed by atoms with Crippen LogP contribution in [0, 0.1) is 12.7 Å². The van der Waals surface area contributed by atoms with Crippen LogP contribution in [-0.4, -0.2) is 5.97 Å². The lowest BCUT2D eigenvalue weighted by Gasteiger charge is -2.00. The van der Waals surface area contributed by atoms with E-state index < -0.39 is 0 Å². The van der Waals surface area contributed by atoms with E-state index in [0.717, 1.165) is 10.4 Å². The summed E-state index contributed by atoms with van der Waals surface area (Å²) in [6, 6.07) is 7.87. The second-order valence-corrected chi connectivity index (χ2v) is 5.42. The first kappa shape index (κ1) is 12.8. The highest BCUT2D eigenvalue weighted by Crippen LogP contribution is 2.29. The number of carbonyl (C=O) groups excluding carboxylic acids is 1. The van der Waals surface area contributed by atoms with Crippen molar-refractivity contribution in [2.24, 2.45) is 0 Å². The minimum Gasteiger partial charge on any atom is -0.422 e. The molecule has 0 aliphatic carbocycles. The van der Waals surface area contributed by atoms with Crippen molar-refractivity contribution in [1.29, 1.82) is 0 Å². The first-order chi connectivity index (χ1) is 9.63. The predicted octanol–water partition coefficient (Wildman–Crippen LogP) is 4.18. The van der Waals surface area contributed by atoms with E-state index in [1.54, 1.807) is 29.5 Å². The molecule has 1 aliphatic heterocycles. The Morgan fingerprint density at radius 3 is 2.60 bits per heavy atom. The van der Waals surface area contributed by atoms with Gasteiger partial charge in [0, 0.05) is 10.4 Å². The molecule has 100 valence electrons. The zero-order valence-corrected chi connectivity index (χ0v) is 11.5. The van der Waals surface area contributed by atoms with Gasteiger partial charge in [-0.1, -0.05) is 0 Å². The fraction of sp³-hybridized carbons (Fsp3) is 0.0625. The number of aryl methyl sites for hydroxylation is 1. The average Bonchev–Trinajstić information content (AvgIpc) is 2.99. The summed E-state index contributed by atoms with van der Waals surface area (Å²) >= 11 is 1.57. The molecule has 0 N–H and O–H groups in total. The summed E-state index contributed by atoms with van der Waals surface area (Å²) in [6.07, 6.45) is 3.51. The zero-order chi connectivity index (χ0) is 14.1. The molecule has 0 atom stereocenters. The molecule has 1 aromatic carbocycles. The number of rotatable bonds is 2. The van der Waals surface area contributed by atoms with Crippen LogP contribution in [0.25, 0.3) is 11.8 Å². The first-order valence-electron chi connectivity index (χ1n) is 6.09. The third-order valence-electron chi connectivity index (χ3n) is 3.04. The molecule has 0 radical (unpaired) electrons. The molecule has 3 rings (SSSR count). The fourth-order valence-corrected chi connectivity index (χ4v) is 2.79. The van der Waals surface area contributed by atoms with Gasteiger partial charge in [-0.15, -0.1) is 11.3 Å². The van der Waals surface area contributed by atoms with Crippen LogP contribution in [0.1, 0.15) is 16.0 Å². The summed E-state index contributed by atoms with van der Waals surface area (Å²) in [4.78, 5) is 12.9. The van der Waals surface area contributed by atoms with Crippen LogP contribution in [-0.2, 0) is 9.53 Å². The van der Waals surface area contributed by atoms with Crippen molar-refractivity contribution in [1.82, 2.24) is 0 Å². The van der Waals surface area contributed by atoms with Crippen LogP contribution in [0.4, 0.5) is 4.39 Å². The van der Waals surface area contributed by atoms with Gasteiger partial charge in [0.05, 0.1) is 5.57 Å². The molecule has 0 spiro atoms. The quantitative estimate of drug-likeness (QED) is 0.611. The van der Waals surface area contributed by atoms with Crippen molar-refractivity contribution >= 4 is 29.1 Å². The molecule has 0 fully saturated rings. The predicted molar refractivity (Wildman–Crippen MR) is 77.5 cm³/mol. The maximum Gasteiger partial charge on any atom is 0.343 e. The molecular weight excluding hydrogens is 275 g/mol. The first-order valence-corrected chi connectivity index (χ1v) is 6.97. The highest BCUT2D eigenvalue weighted by Gasteiger charge is 2.22. The number of cyclic esters (lactones) is 1. The van der Waals surface area contributed by atoms with Gasteiger partial charge < -0.3 is 4.74 Å². The van der Waals surface area contributed by atoms with E-state index >= 15 is 0 Å². The van der Waals surface area contributed by atoms with Gasteiger partial charge in [0.15, 0.2) is 0 Å². The summed E-state index contributed by atoms with van der Waals surface area (Å²) < 4.78 is 18.1. The number of ether oxygens (including phenoxy) is 1. The Morgan fingerprint density at radius 1 is 1.20 bits per heavy atom. The van der Waals surface area contributed by atoms with Gasteiger partial charge in [-0.25, -0.2) is 9.18 Å². The molecule has 4 heteroatoms. The molecular formula is C16H11FO2S. The molecule has 20 heavy (non-hydrogen) atoms. The lowest BCUT2D eigenvalue weighted by molar-refractivity contribution is -0.130. The van der Waals surface area contributed by atoms with Crippen molar-refractivity contribution in [3.8, 4) is 0 Å². The van der Waals surface area contributed by atoms with Crippen LogP contribution >= 0.6 is 11.3 Å². The molecule has 0 saturated heterocycles. The number of benzene rings is 1. The lowest BCUT2D eigenvalue weighted by Crippen LogP contribution is -1.97. The highest BCUT2D eigenvalue weighted by molar-refractivity contribution is 7.11. The Morgan fingerprint density at radius 2 is 1.95 bits per heavy atom. The average molecular weight is 286 g/mol. The third-order valence-corrected chi connectivity index (χ3v) is 4.01. The van der Waals surface area contributed by atoms with Crippen molar-refractivity contribution < 1.29 is 13.9 Å². The van der Waals surface area contributed by atoms with Crippen molar-refractivity contribution in [2.45, 2.75) is 6.92 Å². The number of hydrogen-bond donors (Lipinski definition) is 0.